The molecule has 0 aliphatic carbocycles. The van der Waals surface area contributed by atoms with E-state index in [1.165, 1.54) is 0 Å². The molecule has 33 heavy (non-hydrogen) atoms. The molecular formula is C24H22Cl2N4O3. The predicted octanol–water partition coefficient (Wildman–Crippen LogP) is 4.04. The SMILES string of the molecule is Nc1ncc(-c2ccc(C(=O)N3CCOCC3)cc2)cc1C(=O)NCc1ccc(Cl)c(Cl)c1. The van der Waals surface area contributed by atoms with Gasteiger partial charge in [-0.05, 0) is 41.5 Å². The van der Waals surface area contributed by atoms with E-state index in [0.717, 1.165) is 11.1 Å². The maximum absolute atomic E-state index is 12.7. The van der Waals surface area contributed by atoms with Crippen LogP contribution in [0.3, 0.4) is 0 Å². The number of amides is 2. The van der Waals surface area contributed by atoms with Gasteiger partial charge < -0.3 is 20.7 Å². The lowest BCUT2D eigenvalue weighted by Crippen LogP contribution is -2.40. The van der Waals surface area contributed by atoms with Crippen molar-refractivity contribution in [1.29, 1.82) is 0 Å². The van der Waals surface area contributed by atoms with E-state index >= 15 is 0 Å². The van der Waals surface area contributed by atoms with E-state index in [9.17, 15) is 9.59 Å². The molecule has 9 heteroatoms. The van der Waals surface area contributed by atoms with Crippen LogP contribution in [0.15, 0.2) is 54.7 Å². The van der Waals surface area contributed by atoms with E-state index in [1.54, 1.807) is 47.5 Å². The van der Waals surface area contributed by atoms with Crippen LogP contribution in [0.1, 0.15) is 26.3 Å². The number of nitrogens with two attached hydrogens (primary N) is 1. The molecule has 1 aromatic heterocycles. The van der Waals surface area contributed by atoms with Crippen molar-refractivity contribution in [3.05, 3.63) is 81.5 Å². The molecule has 1 saturated heterocycles. The quantitative estimate of drug-likeness (QED) is 0.569. The molecule has 2 heterocycles. The first kappa shape index (κ1) is 23.0. The number of halogens is 2. The minimum absolute atomic E-state index is 0.0253. The molecule has 3 N–H and O–H groups in total. The summed E-state index contributed by atoms with van der Waals surface area (Å²) in [6.45, 7) is 2.54. The second kappa shape index (κ2) is 10.2. The lowest BCUT2D eigenvalue weighted by molar-refractivity contribution is 0.0303. The molecule has 2 amide bonds. The standard InChI is InChI=1S/C24H22Cl2N4O3/c25-20-6-1-15(11-21(20)26)13-29-23(31)19-12-18(14-28-22(19)27)16-2-4-17(5-3-16)24(32)30-7-9-33-10-8-30/h1-6,11-12,14H,7-10,13H2,(H2,27,28)(H,29,31). The van der Waals surface area contributed by atoms with Gasteiger partial charge in [-0.15, -0.1) is 0 Å². The van der Waals surface area contributed by atoms with Crippen molar-refractivity contribution in [2.45, 2.75) is 6.54 Å². The summed E-state index contributed by atoms with van der Waals surface area (Å²) in [6.07, 6.45) is 1.60. The van der Waals surface area contributed by atoms with E-state index in [1.807, 2.05) is 12.1 Å². The van der Waals surface area contributed by atoms with Gasteiger partial charge in [0.1, 0.15) is 5.82 Å². The smallest absolute Gasteiger partial charge is 0.255 e. The largest absolute Gasteiger partial charge is 0.383 e. The molecule has 3 aromatic rings. The van der Waals surface area contributed by atoms with Crippen LogP contribution in [-0.2, 0) is 11.3 Å². The van der Waals surface area contributed by atoms with Crippen molar-refractivity contribution in [3.63, 3.8) is 0 Å². The third-order valence-corrected chi connectivity index (χ3v) is 6.10. The highest BCUT2D eigenvalue weighted by Gasteiger charge is 2.19. The van der Waals surface area contributed by atoms with Crippen LogP contribution in [0.4, 0.5) is 5.82 Å². The van der Waals surface area contributed by atoms with E-state index in [4.69, 9.17) is 33.7 Å². The fourth-order valence-electron chi connectivity index (χ4n) is 3.50. The van der Waals surface area contributed by atoms with E-state index in [2.05, 4.69) is 10.3 Å². The molecule has 0 unspecified atom stereocenters. The zero-order chi connectivity index (χ0) is 23.4. The summed E-state index contributed by atoms with van der Waals surface area (Å²) in [5, 5.41) is 3.69. The van der Waals surface area contributed by atoms with Crippen LogP contribution in [-0.4, -0.2) is 48.0 Å². The molecule has 1 aliphatic heterocycles. The fourth-order valence-corrected chi connectivity index (χ4v) is 3.82. The van der Waals surface area contributed by atoms with Crippen LogP contribution in [0, 0.1) is 0 Å². The van der Waals surface area contributed by atoms with Crippen molar-refractivity contribution in [3.8, 4) is 11.1 Å². The monoisotopic (exact) mass is 484 g/mol. The molecular weight excluding hydrogens is 463 g/mol. The van der Waals surface area contributed by atoms with Crippen LogP contribution in [0.25, 0.3) is 11.1 Å². The number of anilines is 1. The van der Waals surface area contributed by atoms with Gasteiger partial charge in [0.2, 0.25) is 0 Å². The van der Waals surface area contributed by atoms with Crippen LogP contribution < -0.4 is 11.1 Å². The minimum atomic E-state index is -0.355. The number of ether oxygens (including phenoxy) is 1. The average Bonchev–Trinajstić information content (AvgIpc) is 2.85. The maximum Gasteiger partial charge on any atom is 0.255 e. The number of nitrogens with zero attached hydrogens (tertiary/aromatic N) is 2. The van der Waals surface area contributed by atoms with Gasteiger partial charge in [-0.2, -0.15) is 0 Å². The molecule has 170 valence electrons. The number of rotatable bonds is 5. The number of nitrogens with one attached hydrogen (secondary N) is 1. The molecule has 7 nitrogen and oxygen atoms in total. The molecule has 0 saturated carbocycles. The Bertz CT molecular complexity index is 1180. The highest BCUT2D eigenvalue weighted by molar-refractivity contribution is 6.42. The predicted molar refractivity (Wildman–Crippen MR) is 128 cm³/mol. The molecule has 0 bridgehead atoms. The summed E-state index contributed by atoms with van der Waals surface area (Å²) in [6, 6.07) is 14.0. The van der Waals surface area contributed by atoms with Gasteiger partial charge in [0.25, 0.3) is 11.8 Å². The van der Waals surface area contributed by atoms with E-state index in [-0.39, 0.29) is 29.7 Å². The first-order valence-corrected chi connectivity index (χ1v) is 11.1. The molecule has 0 spiro atoms. The van der Waals surface area contributed by atoms with Gasteiger partial charge in [0.15, 0.2) is 0 Å². The number of benzene rings is 2. The Kier molecular flexibility index (Phi) is 7.13. The van der Waals surface area contributed by atoms with E-state index in [0.29, 0.717) is 47.5 Å². The van der Waals surface area contributed by atoms with Crippen molar-refractivity contribution in [2.24, 2.45) is 0 Å². The van der Waals surface area contributed by atoms with Crippen molar-refractivity contribution in [2.75, 3.05) is 32.0 Å². The Labute approximate surface area is 201 Å². The van der Waals surface area contributed by atoms with Gasteiger partial charge in [-0.25, -0.2) is 4.98 Å². The Morgan fingerprint density at radius 1 is 1.00 bits per heavy atom. The number of pyridine rings is 1. The maximum atomic E-state index is 12.7. The number of carbonyl (C=O) groups excluding carboxylic acids is 2. The van der Waals surface area contributed by atoms with Gasteiger partial charge in [0, 0.05) is 37.0 Å². The second-order valence-corrected chi connectivity index (χ2v) is 8.38. The number of morpholine rings is 1. The zero-order valence-electron chi connectivity index (χ0n) is 17.7. The molecule has 1 aliphatic rings. The Hall–Kier alpha value is -3.13. The average molecular weight is 485 g/mol. The highest BCUT2D eigenvalue weighted by atomic mass is 35.5. The number of carbonyl (C=O) groups is 2. The Morgan fingerprint density at radius 3 is 2.42 bits per heavy atom. The summed E-state index contributed by atoms with van der Waals surface area (Å²) in [4.78, 5) is 31.3. The Morgan fingerprint density at radius 2 is 1.73 bits per heavy atom. The van der Waals surface area contributed by atoms with Crippen LogP contribution in [0.5, 0.6) is 0 Å². The number of aromatic nitrogens is 1. The Balaban J connectivity index is 1.47. The molecule has 1 fully saturated rings. The first-order valence-electron chi connectivity index (χ1n) is 10.4. The zero-order valence-corrected chi connectivity index (χ0v) is 19.2. The summed E-state index contributed by atoms with van der Waals surface area (Å²) in [7, 11) is 0. The van der Waals surface area contributed by atoms with Crippen LogP contribution >= 0.6 is 23.2 Å². The first-order chi connectivity index (χ1) is 15.9. The number of nitrogen functional groups attached to an aromatic ring is 1. The number of hydrogen-bond acceptors (Lipinski definition) is 5. The summed E-state index contributed by atoms with van der Waals surface area (Å²) < 4.78 is 5.30. The molecule has 0 radical (unpaired) electrons. The van der Waals surface area contributed by atoms with Gasteiger partial charge >= 0.3 is 0 Å². The molecule has 4 rings (SSSR count). The van der Waals surface area contributed by atoms with Crippen molar-refractivity contribution < 1.29 is 14.3 Å². The van der Waals surface area contributed by atoms with Crippen molar-refractivity contribution in [1.82, 2.24) is 15.2 Å². The lowest BCUT2D eigenvalue weighted by atomic mass is 10.0. The normalized spacial score (nSPS) is 13.6. The summed E-state index contributed by atoms with van der Waals surface area (Å²) in [5.74, 6) is -0.251. The fraction of sp³-hybridized carbons (Fsp3) is 0.208. The summed E-state index contributed by atoms with van der Waals surface area (Å²) >= 11 is 12.0. The lowest BCUT2D eigenvalue weighted by Gasteiger charge is -2.26. The molecule has 0 atom stereocenters. The minimum Gasteiger partial charge on any atom is -0.383 e. The van der Waals surface area contributed by atoms with E-state index < -0.39 is 0 Å². The third-order valence-electron chi connectivity index (χ3n) is 5.36. The van der Waals surface area contributed by atoms with Gasteiger partial charge in [0.05, 0.1) is 28.8 Å². The topological polar surface area (TPSA) is 97.6 Å². The van der Waals surface area contributed by atoms with Gasteiger partial charge in [-0.3, -0.25) is 9.59 Å². The second-order valence-electron chi connectivity index (χ2n) is 7.57. The molecule has 2 aromatic carbocycles. The highest BCUT2D eigenvalue weighted by Crippen LogP contribution is 2.24. The van der Waals surface area contributed by atoms with Crippen molar-refractivity contribution >= 4 is 40.8 Å². The number of hydrogen-bond donors (Lipinski definition) is 2. The van der Waals surface area contributed by atoms with Gasteiger partial charge in [-0.1, -0.05) is 41.4 Å². The summed E-state index contributed by atoms with van der Waals surface area (Å²) in [5.41, 5.74) is 9.16. The van der Waals surface area contributed by atoms with Crippen LogP contribution in [0.2, 0.25) is 10.0 Å². The third kappa shape index (κ3) is 5.45.